The van der Waals surface area contributed by atoms with E-state index in [0.717, 1.165) is 50.6 Å². The highest BCUT2D eigenvalue weighted by atomic mass is 16.5. The fourth-order valence-corrected chi connectivity index (χ4v) is 4.20. The van der Waals surface area contributed by atoms with Crippen molar-refractivity contribution in [3.05, 3.63) is 88.7 Å². The molecule has 1 amide bonds. The SMILES string of the molecule is Cc1ccc(C)c(OCC(=O)NCCc2nc3ccccc3n2CCOc2c(C)cccc2C)c1. The van der Waals surface area contributed by atoms with Crippen molar-refractivity contribution in [2.75, 3.05) is 19.8 Å². The van der Waals surface area contributed by atoms with Crippen LogP contribution in [0.2, 0.25) is 0 Å². The summed E-state index contributed by atoms with van der Waals surface area (Å²) in [6.07, 6.45) is 0.618. The van der Waals surface area contributed by atoms with E-state index in [1.54, 1.807) is 0 Å². The zero-order chi connectivity index (χ0) is 24.8. The van der Waals surface area contributed by atoms with E-state index in [1.807, 2.05) is 56.3 Å². The summed E-state index contributed by atoms with van der Waals surface area (Å²) in [7, 11) is 0. The zero-order valence-corrected chi connectivity index (χ0v) is 20.9. The van der Waals surface area contributed by atoms with Crippen LogP contribution >= 0.6 is 0 Å². The molecule has 3 aromatic carbocycles. The van der Waals surface area contributed by atoms with Gasteiger partial charge in [-0.25, -0.2) is 4.98 Å². The van der Waals surface area contributed by atoms with Crippen LogP contribution in [0.25, 0.3) is 11.0 Å². The van der Waals surface area contributed by atoms with Crippen molar-refractivity contribution < 1.29 is 14.3 Å². The Morgan fingerprint density at radius 3 is 2.49 bits per heavy atom. The van der Waals surface area contributed by atoms with Gasteiger partial charge in [0.2, 0.25) is 0 Å². The van der Waals surface area contributed by atoms with Crippen molar-refractivity contribution in [1.29, 1.82) is 0 Å². The lowest BCUT2D eigenvalue weighted by Gasteiger charge is -2.14. The minimum Gasteiger partial charge on any atom is -0.491 e. The highest BCUT2D eigenvalue weighted by Gasteiger charge is 2.12. The number of aromatic nitrogens is 2. The van der Waals surface area contributed by atoms with Crippen LogP contribution in [0.3, 0.4) is 0 Å². The van der Waals surface area contributed by atoms with Crippen LogP contribution in [-0.4, -0.2) is 35.2 Å². The first kappa shape index (κ1) is 24.3. The molecule has 6 heteroatoms. The molecule has 182 valence electrons. The fraction of sp³-hybridized carbons (Fsp3) is 0.310. The molecule has 4 aromatic rings. The van der Waals surface area contributed by atoms with Crippen molar-refractivity contribution >= 4 is 16.9 Å². The summed E-state index contributed by atoms with van der Waals surface area (Å²) in [6.45, 7) is 9.79. The molecule has 0 atom stereocenters. The van der Waals surface area contributed by atoms with Crippen LogP contribution in [0.5, 0.6) is 11.5 Å². The molecule has 1 N–H and O–H groups in total. The van der Waals surface area contributed by atoms with Crippen LogP contribution in [0.4, 0.5) is 0 Å². The van der Waals surface area contributed by atoms with Gasteiger partial charge in [0.1, 0.15) is 23.9 Å². The molecule has 1 heterocycles. The number of fused-ring (bicyclic) bond motifs is 1. The number of carbonyl (C=O) groups is 1. The molecule has 0 radical (unpaired) electrons. The summed E-state index contributed by atoms with van der Waals surface area (Å²) in [6, 6.07) is 20.2. The lowest BCUT2D eigenvalue weighted by atomic mass is 10.1. The van der Waals surface area contributed by atoms with Gasteiger partial charge in [-0.2, -0.15) is 0 Å². The summed E-state index contributed by atoms with van der Waals surface area (Å²) >= 11 is 0. The second-order valence-corrected chi connectivity index (χ2v) is 8.90. The third-order valence-electron chi connectivity index (χ3n) is 6.08. The van der Waals surface area contributed by atoms with Crippen molar-refractivity contribution in [3.8, 4) is 11.5 Å². The minimum atomic E-state index is -0.146. The molecule has 0 bridgehead atoms. The molecule has 0 aliphatic heterocycles. The van der Waals surface area contributed by atoms with E-state index in [9.17, 15) is 4.79 Å². The van der Waals surface area contributed by atoms with E-state index < -0.39 is 0 Å². The Hall–Kier alpha value is -3.80. The monoisotopic (exact) mass is 471 g/mol. The van der Waals surface area contributed by atoms with Crippen LogP contribution in [0, 0.1) is 27.7 Å². The molecule has 0 aliphatic rings. The van der Waals surface area contributed by atoms with Gasteiger partial charge in [0, 0.05) is 13.0 Å². The van der Waals surface area contributed by atoms with Crippen molar-refractivity contribution in [2.45, 2.75) is 40.7 Å². The van der Waals surface area contributed by atoms with Crippen LogP contribution in [0.15, 0.2) is 60.7 Å². The summed E-state index contributed by atoms with van der Waals surface area (Å²) in [5, 5.41) is 2.96. The van der Waals surface area contributed by atoms with Crippen LogP contribution in [-0.2, 0) is 17.8 Å². The first-order valence-electron chi connectivity index (χ1n) is 12.0. The first-order valence-corrected chi connectivity index (χ1v) is 12.0. The van der Waals surface area contributed by atoms with Gasteiger partial charge in [0.05, 0.1) is 17.6 Å². The summed E-state index contributed by atoms with van der Waals surface area (Å²) in [4.78, 5) is 17.2. The van der Waals surface area contributed by atoms with E-state index in [1.165, 1.54) is 0 Å². The second-order valence-electron chi connectivity index (χ2n) is 8.90. The molecule has 0 unspecified atom stereocenters. The summed E-state index contributed by atoms with van der Waals surface area (Å²) in [5.41, 5.74) is 6.39. The molecular formula is C29H33N3O3. The van der Waals surface area contributed by atoms with Gasteiger partial charge in [0.25, 0.3) is 5.91 Å². The van der Waals surface area contributed by atoms with E-state index in [0.29, 0.717) is 26.1 Å². The van der Waals surface area contributed by atoms with E-state index in [-0.39, 0.29) is 12.5 Å². The second kappa shape index (κ2) is 11.1. The van der Waals surface area contributed by atoms with E-state index in [2.05, 4.69) is 41.9 Å². The highest BCUT2D eigenvalue weighted by Crippen LogP contribution is 2.23. The van der Waals surface area contributed by atoms with Gasteiger partial charge in [-0.15, -0.1) is 0 Å². The number of hydrogen-bond donors (Lipinski definition) is 1. The fourth-order valence-electron chi connectivity index (χ4n) is 4.20. The standard InChI is InChI=1S/C29H33N3O3/c1-20-12-13-21(2)26(18-20)35-19-28(33)30-15-14-27-31-24-10-5-6-11-25(24)32(27)16-17-34-29-22(3)8-7-9-23(29)4/h5-13,18H,14-17,19H2,1-4H3,(H,30,33). The number of amides is 1. The molecule has 4 rings (SSSR count). The van der Waals surface area contributed by atoms with Crippen molar-refractivity contribution in [3.63, 3.8) is 0 Å². The molecule has 0 aliphatic carbocycles. The molecule has 0 saturated heterocycles. The van der Waals surface area contributed by atoms with Gasteiger partial charge in [0.15, 0.2) is 6.61 Å². The molecule has 1 aromatic heterocycles. The average Bonchev–Trinajstić information content (AvgIpc) is 3.19. The zero-order valence-electron chi connectivity index (χ0n) is 20.9. The smallest absolute Gasteiger partial charge is 0.257 e. The maximum absolute atomic E-state index is 12.4. The van der Waals surface area contributed by atoms with E-state index in [4.69, 9.17) is 14.5 Å². The van der Waals surface area contributed by atoms with E-state index >= 15 is 0 Å². The summed E-state index contributed by atoms with van der Waals surface area (Å²) in [5.74, 6) is 2.46. The van der Waals surface area contributed by atoms with Crippen LogP contribution in [0.1, 0.15) is 28.1 Å². The van der Waals surface area contributed by atoms with Gasteiger partial charge in [-0.1, -0.05) is 42.5 Å². The van der Waals surface area contributed by atoms with Gasteiger partial charge < -0.3 is 19.4 Å². The Bertz CT molecular complexity index is 1310. The lowest BCUT2D eigenvalue weighted by molar-refractivity contribution is -0.123. The number of hydrogen-bond acceptors (Lipinski definition) is 4. The number of ether oxygens (including phenoxy) is 2. The third-order valence-corrected chi connectivity index (χ3v) is 6.08. The number of rotatable bonds is 10. The maximum atomic E-state index is 12.4. The van der Waals surface area contributed by atoms with Gasteiger partial charge in [-0.3, -0.25) is 4.79 Å². The number of aryl methyl sites for hydroxylation is 4. The van der Waals surface area contributed by atoms with Gasteiger partial charge >= 0.3 is 0 Å². The molecule has 35 heavy (non-hydrogen) atoms. The summed E-state index contributed by atoms with van der Waals surface area (Å²) < 4.78 is 14.0. The van der Waals surface area contributed by atoms with Crippen molar-refractivity contribution in [2.24, 2.45) is 0 Å². The Kier molecular flexibility index (Phi) is 7.70. The topological polar surface area (TPSA) is 65.4 Å². The molecular weight excluding hydrogens is 438 g/mol. The molecule has 0 fully saturated rings. The predicted molar refractivity (Wildman–Crippen MR) is 139 cm³/mol. The van der Waals surface area contributed by atoms with Crippen molar-refractivity contribution in [1.82, 2.24) is 14.9 Å². The Balaban J connectivity index is 1.36. The predicted octanol–water partition coefficient (Wildman–Crippen LogP) is 5.09. The quantitative estimate of drug-likeness (QED) is 0.350. The largest absolute Gasteiger partial charge is 0.491 e. The lowest BCUT2D eigenvalue weighted by Crippen LogP contribution is -2.31. The number of para-hydroxylation sites is 3. The molecule has 0 saturated carbocycles. The Labute approximate surface area is 206 Å². The highest BCUT2D eigenvalue weighted by molar-refractivity contribution is 5.78. The number of nitrogens with zero attached hydrogens (tertiary/aromatic N) is 2. The number of carbonyl (C=O) groups excluding carboxylic acids is 1. The minimum absolute atomic E-state index is 0.00960. The number of imidazole rings is 1. The van der Waals surface area contributed by atoms with Crippen LogP contribution < -0.4 is 14.8 Å². The molecule has 0 spiro atoms. The Morgan fingerprint density at radius 1 is 0.914 bits per heavy atom. The first-order chi connectivity index (χ1) is 16.9. The maximum Gasteiger partial charge on any atom is 0.257 e. The number of benzene rings is 3. The van der Waals surface area contributed by atoms with Gasteiger partial charge in [-0.05, 0) is 68.1 Å². The molecule has 6 nitrogen and oxygen atoms in total. The average molecular weight is 472 g/mol. The number of nitrogens with one attached hydrogen (secondary N) is 1. The normalized spacial score (nSPS) is 11.0. The Morgan fingerprint density at radius 2 is 1.69 bits per heavy atom. The third kappa shape index (κ3) is 6.01.